The van der Waals surface area contributed by atoms with Gasteiger partial charge in [-0.2, -0.15) is 0 Å². The smallest absolute Gasteiger partial charge is 0.355 e. The third-order valence-corrected chi connectivity index (χ3v) is 5.40. The molecule has 0 radical (unpaired) electrons. The summed E-state index contributed by atoms with van der Waals surface area (Å²) in [6.45, 7) is 10.1. The summed E-state index contributed by atoms with van der Waals surface area (Å²) < 4.78 is 7.28. The molecule has 1 aromatic carbocycles. The molecule has 0 aliphatic heterocycles. The summed E-state index contributed by atoms with van der Waals surface area (Å²) in [5.74, 6) is -0.546. The molecule has 1 aliphatic carbocycles. The van der Waals surface area contributed by atoms with Gasteiger partial charge in [-0.25, -0.2) is 4.79 Å². The number of hydrogen-bond donors (Lipinski definition) is 0. The van der Waals surface area contributed by atoms with Gasteiger partial charge in [-0.15, -0.1) is 0 Å². The maximum absolute atomic E-state index is 13.2. The molecule has 1 heterocycles. The molecule has 0 saturated heterocycles. The minimum absolute atomic E-state index is 0.0836. The van der Waals surface area contributed by atoms with Crippen molar-refractivity contribution in [3.63, 3.8) is 0 Å². The van der Waals surface area contributed by atoms with Gasteiger partial charge in [0.05, 0.1) is 12.3 Å². The van der Waals surface area contributed by atoms with E-state index in [0.29, 0.717) is 11.4 Å². The third-order valence-electron chi connectivity index (χ3n) is 5.40. The number of benzene rings is 1. The average Bonchev–Trinajstić information content (AvgIpc) is 2.92. The van der Waals surface area contributed by atoms with Crippen LogP contribution < -0.4 is 0 Å². The van der Waals surface area contributed by atoms with E-state index in [9.17, 15) is 9.59 Å². The van der Waals surface area contributed by atoms with Crippen molar-refractivity contribution in [3.8, 4) is 11.1 Å². The second kappa shape index (κ2) is 9.12. The number of carbonyl (C=O) groups is 2. The van der Waals surface area contributed by atoms with Crippen LogP contribution in [0.15, 0.2) is 60.2 Å². The first-order chi connectivity index (χ1) is 14.4. The van der Waals surface area contributed by atoms with E-state index in [2.05, 4.69) is 6.08 Å². The van der Waals surface area contributed by atoms with Gasteiger partial charge in [-0.05, 0) is 40.2 Å². The SMILES string of the molecule is CCOC(=O)c1c(C2C=CC=CC=C2C)c(-c2ccc(C)cc2)c(C=O)n1C(C)C. The predicted molar refractivity (Wildman–Crippen MR) is 121 cm³/mol. The van der Waals surface area contributed by atoms with Crippen LogP contribution in [0.2, 0.25) is 0 Å². The van der Waals surface area contributed by atoms with Crippen molar-refractivity contribution in [2.24, 2.45) is 0 Å². The summed E-state index contributed by atoms with van der Waals surface area (Å²) in [6.07, 6.45) is 10.9. The number of esters is 1. The molecule has 30 heavy (non-hydrogen) atoms. The lowest BCUT2D eigenvalue weighted by Gasteiger charge is -2.19. The summed E-state index contributed by atoms with van der Waals surface area (Å²) in [6, 6.07) is 7.99. The Morgan fingerprint density at radius 2 is 1.83 bits per heavy atom. The van der Waals surface area contributed by atoms with Crippen molar-refractivity contribution in [2.75, 3.05) is 6.61 Å². The zero-order valence-electron chi connectivity index (χ0n) is 18.3. The predicted octanol–water partition coefficient (Wildman–Crippen LogP) is 6.19. The number of aromatic nitrogens is 1. The molecule has 2 aromatic rings. The van der Waals surface area contributed by atoms with Gasteiger partial charge in [0, 0.05) is 23.1 Å². The maximum Gasteiger partial charge on any atom is 0.355 e. The lowest BCUT2D eigenvalue weighted by atomic mass is 9.86. The highest BCUT2D eigenvalue weighted by molar-refractivity contribution is 5.99. The Morgan fingerprint density at radius 1 is 1.13 bits per heavy atom. The molecule has 1 aliphatic rings. The first kappa shape index (κ1) is 21.6. The van der Waals surface area contributed by atoms with E-state index in [0.717, 1.165) is 34.1 Å². The van der Waals surface area contributed by atoms with Crippen LogP contribution in [0.5, 0.6) is 0 Å². The van der Waals surface area contributed by atoms with Gasteiger partial charge < -0.3 is 9.30 Å². The number of rotatable bonds is 6. The van der Waals surface area contributed by atoms with Gasteiger partial charge in [0.1, 0.15) is 5.69 Å². The van der Waals surface area contributed by atoms with Crippen LogP contribution in [-0.2, 0) is 4.74 Å². The lowest BCUT2D eigenvalue weighted by Crippen LogP contribution is -2.18. The molecular formula is C26H29NO3. The van der Waals surface area contributed by atoms with Gasteiger partial charge in [-0.3, -0.25) is 4.79 Å². The van der Waals surface area contributed by atoms with Gasteiger partial charge >= 0.3 is 5.97 Å². The molecule has 1 unspecified atom stereocenters. The van der Waals surface area contributed by atoms with Gasteiger partial charge in [0.15, 0.2) is 6.29 Å². The van der Waals surface area contributed by atoms with Crippen LogP contribution in [0.3, 0.4) is 0 Å². The van der Waals surface area contributed by atoms with Crippen molar-refractivity contribution >= 4 is 12.3 Å². The largest absolute Gasteiger partial charge is 0.461 e. The van der Waals surface area contributed by atoms with E-state index >= 15 is 0 Å². The zero-order chi connectivity index (χ0) is 21.8. The quantitative estimate of drug-likeness (QED) is 0.427. The molecule has 4 nitrogen and oxygen atoms in total. The maximum atomic E-state index is 13.2. The van der Waals surface area contributed by atoms with Gasteiger partial charge in [-0.1, -0.05) is 65.8 Å². The second-order valence-corrected chi connectivity index (χ2v) is 7.85. The molecule has 1 aromatic heterocycles. The first-order valence-electron chi connectivity index (χ1n) is 10.4. The standard InChI is InChI=1S/C26H29NO3/c1-6-30-26(29)25-24(21-11-9-7-8-10-19(21)5)23(20-14-12-18(4)13-15-20)22(16-28)27(25)17(2)3/h7-17,21H,6H2,1-5H3. The van der Waals surface area contributed by atoms with Gasteiger partial charge in [0.2, 0.25) is 0 Å². The average molecular weight is 404 g/mol. The van der Waals surface area contributed by atoms with Crippen molar-refractivity contribution in [3.05, 3.63) is 82.7 Å². The van der Waals surface area contributed by atoms with Crippen molar-refractivity contribution in [2.45, 2.75) is 46.6 Å². The molecule has 4 heteroatoms. The fraction of sp³-hybridized carbons (Fsp3) is 0.308. The normalized spacial score (nSPS) is 15.8. The number of allylic oxidation sites excluding steroid dienone is 6. The highest BCUT2D eigenvalue weighted by Crippen LogP contribution is 2.42. The van der Waals surface area contributed by atoms with Crippen molar-refractivity contribution in [1.82, 2.24) is 4.57 Å². The monoisotopic (exact) mass is 403 g/mol. The molecule has 0 bridgehead atoms. The molecule has 0 saturated carbocycles. The Balaban J connectivity index is 2.45. The van der Waals surface area contributed by atoms with Crippen LogP contribution in [0.4, 0.5) is 0 Å². The number of nitrogens with zero attached hydrogens (tertiary/aromatic N) is 1. The Bertz CT molecular complexity index is 1030. The van der Waals surface area contributed by atoms with Crippen LogP contribution in [0.25, 0.3) is 11.1 Å². The fourth-order valence-corrected chi connectivity index (χ4v) is 4.04. The van der Waals surface area contributed by atoms with Gasteiger partial charge in [0.25, 0.3) is 0 Å². The Kier molecular flexibility index (Phi) is 6.56. The number of carbonyl (C=O) groups excluding carboxylic acids is 2. The molecule has 0 spiro atoms. The van der Waals surface area contributed by atoms with E-state index in [1.807, 2.05) is 80.8 Å². The van der Waals surface area contributed by atoms with Crippen LogP contribution >= 0.6 is 0 Å². The first-order valence-corrected chi connectivity index (χ1v) is 10.4. The number of hydrogen-bond acceptors (Lipinski definition) is 3. The molecule has 0 fully saturated rings. The Hall–Kier alpha value is -3.14. The zero-order valence-corrected chi connectivity index (χ0v) is 18.3. The summed E-state index contributed by atoms with van der Waals surface area (Å²) in [4.78, 5) is 25.5. The number of ether oxygens (including phenoxy) is 1. The summed E-state index contributed by atoms with van der Waals surface area (Å²) in [7, 11) is 0. The van der Waals surface area contributed by atoms with Crippen molar-refractivity contribution in [1.29, 1.82) is 0 Å². The topological polar surface area (TPSA) is 48.3 Å². The number of aryl methyl sites for hydroxylation is 1. The number of aldehydes is 1. The Labute approximate surface area is 178 Å². The van der Waals surface area contributed by atoms with Crippen LogP contribution in [0, 0.1) is 6.92 Å². The minimum Gasteiger partial charge on any atom is -0.461 e. The lowest BCUT2D eigenvalue weighted by molar-refractivity contribution is 0.0510. The van der Waals surface area contributed by atoms with Crippen LogP contribution in [-0.4, -0.2) is 23.4 Å². The van der Waals surface area contributed by atoms with E-state index in [-0.39, 0.29) is 18.6 Å². The van der Waals surface area contributed by atoms with E-state index < -0.39 is 5.97 Å². The van der Waals surface area contributed by atoms with Crippen molar-refractivity contribution < 1.29 is 14.3 Å². The van der Waals surface area contributed by atoms with E-state index in [1.165, 1.54) is 0 Å². The molecule has 1 atom stereocenters. The molecule has 3 rings (SSSR count). The summed E-state index contributed by atoms with van der Waals surface area (Å²) in [5, 5.41) is 0. The summed E-state index contributed by atoms with van der Waals surface area (Å²) in [5.41, 5.74) is 5.72. The second-order valence-electron chi connectivity index (χ2n) is 7.85. The molecule has 0 N–H and O–H groups in total. The molecule has 0 amide bonds. The molecule has 156 valence electrons. The van der Waals surface area contributed by atoms with E-state index in [4.69, 9.17) is 4.74 Å². The highest BCUT2D eigenvalue weighted by atomic mass is 16.5. The third kappa shape index (κ3) is 3.95. The minimum atomic E-state index is -0.402. The Morgan fingerprint density at radius 3 is 2.43 bits per heavy atom. The molecular weight excluding hydrogens is 374 g/mol. The van der Waals surface area contributed by atoms with Crippen LogP contribution in [0.1, 0.15) is 71.8 Å². The highest BCUT2D eigenvalue weighted by Gasteiger charge is 2.33. The summed E-state index contributed by atoms with van der Waals surface area (Å²) >= 11 is 0. The fourth-order valence-electron chi connectivity index (χ4n) is 4.04. The van der Waals surface area contributed by atoms with E-state index in [1.54, 1.807) is 6.92 Å².